The van der Waals surface area contributed by atoms with Gasteiger partial charge in [-0.25, -0.2) is 13.2 Å². The van der Waals surface area contributed by atoms with Crippen molar-refractivity contribution in [3.8, 4) is 11.3 Å². The van der Waals surface area contributed by atoms with E-state index >= 15 is 0 Å². The molecule has 1 N–H and O–H groups in total. The molecule has 0 unspecified atom stereocenters. The summed E-state index contributed by atoms with van der Waals surface area (Å²) < 4.78 is 31.2. The number of nitrogens with zero attached hydrogens (tertiary/aromatic N) is 4. The second-order valence-electron chi connectivity index (χ2n) is 10.6. The molecule has 3 heterocycles. The quantitative estimate of drug-likeness (QED) is 0.399. The highest BCUT2D eigenvalue weighted by atomic mass is 32.2. The Kier molecular flexibility index (Phi) is 6.78. The molecule has 0 atom stereocenters. The van der Waals surface area contributed by atoms with Crippen molar-refractivity contribution in [2.75, 3.05) is 26.2 Å². The van der Waals surface area contributed by atoms with Gasteiger partial charge in [-0.05, 0) is 42.2 Å². The van der Waals surface area contributed by atoms with E-state index in [1.807, 2.05) is 24.3 Å². The van der Waals surface area contributed by atoms with Crippen molar-refractivity contribution in [2.45, 2.75) is 43.2 Å². The van der Waals surface area contributed by atoms with Crippen LogP contribution >= 0.6 is 0 Å². The molecular formula is C29H33N5O4S. The third-order valence-electron chi connectivity index (χ3n) is 8.14. The van der Waals surface area contributed by atoms with Gasteiger partial charge in [-0.3, -0.25) is 18.8 Å². The molecule has 1 aliphatic carbocycles. The standard InChI is InChI=1S/C29H33N5O4S/c1-31-28(35)27-26(34(29(31)36)23-9-5-6-10-23)19-25(30-27)22-11-13-24(14-12-22)39(37,38)33-17-15-32(16-18-33)20-21-7-3-2-4-8-21/h2-4,7-8,11-14,19,23,30H,5-6,9-10,15-18,20H2,1H3. The van der Waals surface area contributed by atoms with Gasteiger partial charge in [0.1, 0.15) is 5.52 Å². The van der Waals surface area contributed by atoms with E-state index in [0.29, 0.717) is 42.9 Å². The molecule has 6 rings (SSSR count). The lowest BCUT2D eigenvalue weighted by Gasteiger charge is -2.34. The van der Waals surface area contributed by atoms with Crippen LogP contribution in [0.5, 0.6) is 0 Å². The van der Waals surface area contributed by atoms with Gasteiger partial charge in [0.2, 0.25) is 10.0 Å². The topological polar surface area (TPSA) is 100 Å². The Hall–Kier alpha value is -3.47. The van der Waals surface area contributed by atoms with Crippen LogP contribution in [0.1, 0.15) is 37.3 Å². The van der Waals surface area contributed by atoms with Crippen LogP contribution < -0.4 is 11.2 Å². The van der Waals surface area contributed by atoms with E-state index in [1.165, 1.54) is 12.6 Å². The van der Waals surface area contributed by atoms with Gasteiger partial charge in [0, 0.05) is 51.5 Å². The summed E-state index contributed by atoms with van der Waals surface area (Å²) in [5.74, 6) is 0. The van der Waals surface area contributed by atoms with Crippen molar-refractivity contribution in [2.24, 2.45) is 7.05 Å². The number of aromatic nitrogens is 3. The lowest BCUT2D eigenvalue weighted by Crippen LogP contribution is -2.48. The monoisotopic (exact) mass is 547 g/mol. The molecule has 2 aromatic carbocycles. The molecule has 0 bridgehead atoms. The van der Waals surface area contributed by atoms with Gasteiger partial charge in [-0.1, -0.05) is 55.3 Å². The number of rotatable bonds is 6. The molecule has 9 nitrogen and oxygen atoms in total. The molecule has 2 aromatic heterocycles. The fraction of sp³-hybridized carbons (Fsp3) is 0.379. The van der Waals surface area contributed by atoms with Crippen LogP contribution in [-0.2, 0) is 23.6 Å². The van der Waals surface area contributed by atoms with E-state index in [-0.39, 0.29) is 22.2 Å². The van der Waals surface area contributed by atoms with Crippen LogP contribution in [0.4, 0.5) is 0 Å². The molecule has 4 aromatic rings. The first-order chi connectivity index (χ1) is 18.8. The van der Waals surface area contributed by atoms with Crippen LogP contribution in [0.2, 0.25) is 0 Å². The van der Waals surface area contributed by atoms with Crippen LogP contribution in [-0.4, -0.2) is 57.9 Å². The lowest BCUT2D eigenvalue weighted by molar-refractivity contribution is 0.181. The third-order valence-corrected chi connectivity index (χ3v) is 10.1. The number of benzene rings is 2. The highest BCUT2D eigenvalue weighted by Gasteiger charge is 2.29. The highest BCUT2D eigenvalue weighted by Crippen LogP contribution is 2.32. The van der Waals surface area contributed by atoms with Crippen molar-refractivity contribution in [3.63, 3.8) is 0 Å². The number of nitrogens with one attached hydrogen (secondary N) is 1. The second-order valence-corrected chi connectivity index (χ2v) is 12.5. The largest absolute Gasteiger partial charge is 0.349 e. The summed E-state index contributed by atoms with van der Waals surface area (Å²) in [6, 6.07) is 18.9. The number of sulfonamides is 1. The third kappa shape index (κ3) is 4.77. The summed E-state index contributed by atoms with van der Waals surface area (Å²) in [4.78, 5) is 31.6. The van der Waals surface area contributed by atoms with E-state index in [2.05, 4.69) is 22.0 Å². The Morgan fingerprint density at radius 1 is 0.897 bits per heavy atom. The zero-order valence-electron chi connectivity index (χ0n) is 22.0. The van der Waals surface area contributed by atoms with Crippen LogP contribution in [0.15, 0.2) is 75.1 Å². The SMILES string of the molecule is Cn1c(=O)c2[nH]c(-c3ccc(S(=O)(=O)N4CCN(Cc5ccccc5)CC4)cc3)cc2n(C2CCCC2)c1=O. The van der Waals surface area contributed by atoms with E-state index < -0.39 is 10.0 Å². The normalized spacial score (nSPS) is 17.8. The van der Waals surface area contributed by atoms with E-state index in [0.717, 1.165) is 42.4 Å². The number of hydrogen-bond donors (Lipinski definition) is 1. The zero-order chi connectivity index (χ0) is 27.1. The average Bonchev–Trinajstić information content (AvgIpc) is 3.64. The number of fused-ring (bicyclic) bond motifs is 1. The Balaban J connectivity index is 1.22. The maximum absolute atomic E-state index is 13.4. The summed E-state index contributed by atoms with van der Waals surface area (Å²) in [5, 5.41) is 0. The maximum Gasteiger partial charge on any atom is 0.331 e. The molecule has 10 heteroatoms. The maximum atomic E-state index is 13.4. The van der Waals surface area contributed by atoms with Gasteiger partial charge in [0.25, 0.3) is 5.56 Å². The first kappa shape index (κ1) is 25.8. The Labute approximate surface area is 227 Å². The van der Waals surface area contributed by atoms with Crippen molar-refractivity contribution in [1.29, 1.82) is 0 Å². The molecule has 1 saturated carbocycles. The summed E-state index contributed by atoms with van der Waals surface area (Å²) in [6.07, 6.45) is 3.97. The predicted molar refractivity (Wildman–Crippen MR) is 151 cm³/mol. The van der Waals surface area contributed by atoms with Crippen LogP contribution in [0.25, 0.3) is 22.3 Å². The Morgan fingerprint density at radius 3 is 2.23 bits per heavy atom. The molecule has 39 heavy (non-hydrogen) atoms. The Morgan fingerprint density at radius 2 is 1.56 bits per heavy atom. The van der Waals surface area contributed by atoms with Crippen molar-refractivity contribution < 1.29 is 8.42 Å². The minimum absolute atomic E-state index is 0.0797. The van der Waals surface area contributed by atoms with Gasteiger partial charge >= 0.3 is 5.69 Å². The van der Waals surface area contributed by atoms with Crippen LogP contribution in [0.3, 0.4) is 0 Å². The minimum atomic E-state index is -3.62. The summed E-state index contributed by atoms with van der Waals surface area (Å²) in [7, 11) is -2.11. The van der Waals surface area contributed by atoms with Crippen molar-refractivity contribution in [1.82, 2.24) is 23.3 Å². The second kappa shape index (κ2) is 10.3. The summed E-state index contributed by atoms with van der Waals surface area (Å²) in [6.45, 7) is 3.06. The fourth-order valence-electron chi connectivity index (χ4n) is 5.91. The number of H-pyrrole nitrogens is 1. The highest BCUT2D eigenvalue weighted by molar-refractivity contribution is 7.89. The van der Waals surface area contributed by atoms with Crippen LogP contribution in [0, 0.1) is 0 Å². The molecule has 0 amide bonds. The summed E-state index contributed by atoms with van der Waals surface area (Å²) >= 11 is 0. The average molecular weight is 548 g/mol. The van der Waals surface area contributed by atoms with Gasteiger partial charge in [-0.15, -0.1) is 0 Å². The lowest BCUT2D eigenvalue weighted by atomic mass is 10.1. The molecule has 2 aliphatic rings. The van der Waals surface area contributed by atoms with Gasteiger partial charge in [0.05, 0.1) is 10.4 Å². The number of piperazine rings is 1. The first-order valence-electron chi connectivity index (χ1n) is 13.5. The van der Waals surface area contributed by atoms with Gasteiger partial charge < -0.3 is 4.98 Å². The molecular weight excluding hydrogens is 514 g/mol. The molecule has 2 fully saturated rings. The molecule has 0 spiro atoms. The predicted octanol–water partition coefficient (Wildman–Crippen LogP) is 3.32. The van der Waals surface area contributed by atoms with Crippen molar-refractivity contribution >= 4 is 21.1 Å². The first-order valence-corrected chi connectivity index (χ1v) is 15.0. The molecule has 204 valence electrons. The minimum Gasteiger partial charge on any atom is -0.349 e. The molecule has 1 saturated heterocycles. The summed E-state index contributed by atoms with van der Waals surface area (Å²) in [5.41, 5.74) is 3.00. The molecule has 0 radical (unpaired) electrons. The smallest absolute Gasteiger partial charge is 0.331 e. The van der Waals surface area contributed by atoms with Gasteiger partial charge in [0.15, 0.2) is 0 Å². The van der Waals surface area contributed by atoms with E-state index in [4.69, 9.17) is 0 Å². The van der Waals surface area contributed by atoms with E-state index in [9.17, 15) is 18.0 Å². The Bertz CT molecular complexity index is 1710. The van der Waals surface area contributed by atoms with Crippen molar-refractivity contribution in [3.05, 3.63) is 87.1 Å². The van der Waals surface area contributed by atoms with Gasteiger partial charge in [-0.2, -0.15) is 4.31 Å². The zero-order valence-corrected chi connectivity index (χ0v) is 22.9. The molecule has 1 aliphatic heterocycles. The van der Waals surface area contributed by atoms with E-state index in [1.54, 1.807) is 33.1 Å². The number of aromatic amines is 1. The number of hydrogen-bond acceptors (Lipinski definition) is 5. The fourth-order valence-corrected chi connectivity index (χ4v) is 7.33.